The van der Waals surface area contributed by atoms with Crippen LogP contribution < -0.4 is 15.5 Å². The van der Waals surface area contributed by atoms with Gasteiger partial charge >= 0.3 is 0 Å². The summed E-state index contributed by atoms with van der Waals surface area (Å²) in [5.74, 6) is 0.958. The second kappa shape index (κ2) is 11.6. The summed E-state index contributed by atoms with van der Waals surface area (Å²) >= 11 is 1.83. The zero-order chi connectivity index (χ0) is 19.1. The molecular formula is C20H36IN5OS. The Bertz CT molecular complexity index is 581. The number of thiophene rings is 1. The Labute approximate surface area is 191 Å². The summed E-state index contributed by atoms with van der Waals surface area (Å²) in [5, 5.41) is 10.7. The van der Waals surface area contributed by atoms with Crippen LogP contribution in [0.2, 0.25) is 0 Å². The van der Waals surface area contributed by atoms with Crippen molar-refractivity contribution in [3.05, 3.63) is 17.5 Å². The number of hydrogen-bond acceptors (Lipinski definition) is 5. The topological polar surface area (TPSA) is 52.1 Å². The van der Waals surface area contributed by atoms with E-state index in [2.05, 4.69) is 59.0 Å². The number of ether oxygens (including phenoxy) is 1. The van der Waals surface area contributed by atoms with Gasteiger partial charge < -0.3 is 25.2 Å². The number of halogens is 1. The van der Waals surface area contributed by atoms with Crippen LogP contribution in [0.1, 0.15) is 32.6 Å². The van der Waals surface area contributed by atoms with E-state index in [4.69, 9.17) is 9.73 Å². The van der Waals surface area contributed by atoms with Crippen LogP contribution in [0.25, 0.3) is 0 Å². The molecule has 6 nitrogen and oxygen atoms in total. The van der Waals surface area contributed by atoms with Gasteiger partial charge in [-0.25, -0.2) is 0 Å². The molecule has 1 aromatic rings. The van der Waals surface area contributed by atoms with Gasteiger partial charge in [0.15, 0.2) is 5.96 Å². The van der Waals surface area contributed by atoms with Crippen molar-refractivity contribution in [2.24, 2.45) is 4.99 Å². The number of anilines is 1. The van der Waals surface area contributed by atoms with Crippen molar-refractivity contribution in [2.45, 2.75) is 44.2 Å². The highest BCUT2D eigenvalue weighted by atomic mass is 127. The number of rotatable bonds is 6. The fourth-order valence-electron chi connectivity index (χ4n) is 3.93. The molecule has 3 heterocycles. The van der Waals surface area contributed by atoms with Crippen LogP contribution >= 0.6 is 35.3 Å². The normalized spacial score (nSPS) is 20.7. The molecule has 2 fully saturated rings. The van der Waals surface area contributed by atoms with Crippen LogP contribution in [0.3, 0.4) is 0 Å². The molecule has 2 saturated heterocycles. The second-order valence-corrected chi connectivity index (χ2v) is 8.71. The first-order valence-electron chi connectivity index (χ1n) is 10.2. The van der Waals surface area contributed by atoms with Gasteiger partial charge in [0.2, 0.25) is 0 Å². The van der Waals surface area contributed by atoms with Crippen molar-refractivity contribution in [2.75, 3.05) is 58.4 Å². The van der Waals surface area contributed by atoms with Crippen molar-refractivity contribution in [1.29, 1.82) is 0 Å². The number of nitrogens with zero attached hydrogens (tertiary/aromatic N) is 3. The molecule has 2 aliphatic rings. The van der Waals surface area contributed by atoms with Crippen molar-refractivity contribution in [3.63, 3.8) is 0 Å². The molecule has 0 radical (unpaired) electrons. The molecule has 0 atom stereocenters. The Morgan fingerprint density at radius 1 is 1.32 bits per heavy atom. The molecule has 0 amide bonds. The quantitative estimate of drug-likeness (QED) is 0.343. The van der Waals surface area contributed by atoms with E-state index in [9.17, 15) is 0 Å². The highest BCUT2D eigenvalue weighted by Gasteiger charge is 2.34. The first-order chi connectivity index (χ1) is 13.1. The van der Waals surface area contributed by atoms with E-state index in [1.54, 1.807) is 0 Å². The van der Waals surface area contributed by atoms with E-state index >= 15 is 0 Å². The minimum Gasteiger partial charge on any atom is -0.381 e. The minimum atomic E-state index is 0. The number of hydrogen-bond donors (Lipinski definition) is 2. The molecule has 160 valence electrons. The van der Waals surface area contributed by atoms with Gasteiger partial charge in [-0.3, -0.25) is 4.99 Å². The summed E-state index contributed by atoms with van der Waals surface area (Å²) < 4.78 is 5.58. The van der Waals surface area contributed by atoms with E-state index in [-0.39, 0.29) is 29.5 Å². The highest BCUT2D eigenvalue weighted by molar-refractivity contribution is 14.0. The van der Waals surface area contributed by atoms with Gasteiger partial charge in [0.1, 0.15) is 0 Å². The van der Waals surface area contributed by atoms with Crippen LogP contribution in [0.4, 0.5) is 5.00 Å². The Balaban J connectivity index is 0.00000280. The summed E-state index contributed by atoms with van der Waals surface area (Å²) in [6.07, 6.45) is 4.38. The van der Waals surface area contributed by atoms with Gasteiger partial charge in [0.25, 0.3) is 0 Å². The first kappa shape index (κ1) is 23.7. The smallest absolute Gasteiger partial charge is 0.191 e. The molecule has 2 aliphatic heterocycles. The summed E-state index contributed by atoms with van der Waals surface area (Å²) in [4.78, 5) is 9.81. The molecular weight excluding hydrogens is 485 g/mol. The third-order valence-corrected chi connectivity index (χ3v) is 6.83. The fourth-order valence-corrected chi connectivity index (χ4v) is 4.72. The first-order valence-corrected chi connectivity index (χ1v) is 11.1. The van der Waals surface area contributed by atoms with E-state index < -0.39 is 0 Å². The van der Waals surface area contributed by atoms with E-state index in [0.717, 1.165) is 71.0 Å². The average molecular weight is 522 g/mol. The van der Waals surface area contributed by atoms with Gasteiger partial charge in [-0.1, -0.05) is 0 Å². The molecule has 0 spiro atoms. The van der Waals surface area contributed by atoms with Crippen molar-refractivity contribution < 1.29 is 4.74 Å². The van der Waals surface area contributed by atoms with Gasteiger partial charge in [-0.05, 0) is 64.2 Å². The Kier molecular flexibility index (Phi) is 9.79. The summed E-state index contributed by atoms with van der Waals surface area (Å²) in [6, 6.07) is 4.85. The maximum Gasteiger partial charge on any atom is 0.191 e. The molecule has 3 rings (SSSR count). The van der Waals surface area contributed by atoms with Crippen molar-refractivity contribution >= 4 is 46.3 Å². The van der Waals surface area contributed by atoms with Crippen LogP contribution in [-0.4, -0.2) is 75.9 Å². The number of likely N-dealkylation sites (N-methyl/N-ethyl adjacent to an activating group) is 1. The Morgan fingerprint density at radius 3 is 2.61 bits per heavy atom. The predicted molar refractivity (Wildman–Crippen MR) is 131 cm³/mol. The number of aliphatic imine (C=N–C) groups is 1. The Morgan fingerprint density at radius 2 is 2.04 bits per heavy atom. The molecule has 28 heavy (non-hydrogen) atoms. The van der Waals surface area contributed by atoms with Crippen LogP contribution in [-0.2, 0) is 4.74 Å². The lowest BCUT2D eigenvalue weighted by molar-refractivity contribution is -0.00255. The van der Waals surface area contributed by atoms with E-state index in [1.165, 1.54) is 5.00 Å². The number of piperidine rings is 1. The van der Waals surface area contributed by atoms with E-state index in [0.29, 0.717) is 6.04 Å². The molecule has 0 aliphatic carbocycles. The van der Waals surface area contributed by atoms with Crippen molar-refractivity contribution in [3.8, 4) is 0 Å². The maximum atomic E-state index is 5.58. The molecule has 1 aromatic heterocycles. The number of nitrogens with one attached hydrogen (secondary N) is 2. The monoisotopic (exact) mass is 521 g/mol. The molecule has 0 saturated carbocycles. The molecule has 2 N–H and O–H groups in total. The lowest BCUT2D eigenvalue weighted by Gasteiger charge is -2.42. The predicted octanol–water partition coefficient (Wildman–Crippen LogP) is 3.00. The van der Waals surface area contributed by atoms with Crippen LogP contribution in [0.5, 0.6) is 0 Å². The van der Waals surface area contributed by atoms with Gasteiger partial charge in [0, 0.05) is 44.4 Å². The van der Waals surface area contributed by atoms with E-state index in [1.807, 2.05) is 11.3 Å². The lowest BCUT2D eigenvalue weighted by Crippen LogP contribution is -2.53. The van der Waals surface area contributed by atoms with Crippen LogP contribution in [0, 0.1) is 0 Å². The number of guanidine groups is 1. The molecule has 0 bridgehead atoms. The highest BCUT2D eigenvalue weighted by Crippen LogP contribution is 2.27. The zero-order valence-corrected chi connectivity index (χ0v) is 20.6. The zero-order valence-electron chi connectivity index (χ0n) is 17.4. The maximum absolute atomic E-state index is 5.58. The second-order valence-electron chi connectivity index (χ2n) is 7.78. The standard InChI is InChI=1S/C20H35N5OS.HI/c1-4-21-19(22-16-20(24(2)3)9-13-26-14-10-20)23-17-7-11-25(12-8-17)18-6-5-15-27-18;/h5-6,15,17H,4,7-14,16H2,1-3H3,(H2,21,22,23);1H. The van der Waals surface area contributed by atoms with Gasteiger partial charge in [0.05, 0.1) is 11.5 Å². The molecule has 8 heteroatoms. The lowest BCUT2D eigenvalue weighted by atomic mass is 9.89. The van der Waals surface area contributed by atoms with Gasteiger partial charge in [-0.2, -0.15) is 0 Å². The van der Waals surface area contributed by atoms with Gasteiger partial charge in [-0.15, -0.1) is 35.3 Å². The third-order valence-electron chi connectivity index (χ3n) is 5.90. The fraction of sp³-hybridized carbons (Fsp3) is 0.750. The Hall–Kier alpha value is -0.580. The molecule has 0 aromatic carbocycles. The average Bonchev–Trinajstić information content (AvgIpc) is 3.22. The SMILES string of the molecule is CCNC(=NCC1(N(C)C)CCOCC1)NC1CCN(c2cccs2)CC1.I. The summed E-state index contributed by atoms with van der Waals surface area (Å²) in [5.41, 5.74) is 0.114. The summed E-state index contributed by atoms with van der Waals surface area (Å²) in [7, 11) is 4.34. The third kappa shape index (κ3) is 6.21. The minimum absolute atomic E-state index is 0. The summed E-state index contributed by atoms with van der Waals surface area (Å²) in [6.45, 7) is 7.71. The van der Waals surface area contributed by atoms with Crippen LogP contribution in [0.15, 0.2) is 22.5 Å². The molecule has 0 unspecified atom stereocenters. The van der Waals surface area contributed by atoms with Crippen molar-refractivity contribution in [1.82, 2.24) is 15.5 Å². The largest absolute Gasteiger partial charge is 0.381 e.